The highest BCUT2D eigenvalue weighted by Crippen LogP contribution is 2.44. The quantitative estimate of drug-likeness (QED) is 0.511. The van der Waals surface area contributed by atoms with E-state index in [0.717, 1.165) is 30.5 Å². The van der Waals surface area contributed by atoms with Gasteiger partial charge in [0.1, 0.15) is 5.78 Å². The van der Waals surface area contributed by atoms with Gasteiger partial charge >= 0.3 is 0 Å². The van der Waals surface area contributed by atoms with Gasteiger partial charge in [0.25, 0.3) is 0 Å². The first-order valence-corrected chi connectivity index (χ1v) is 14.0. The highest BCUT2D eigenvalue weighted by Gasteiger charge is 2.52. The number of aliphatic hydroxyl groups is 2. The van der Waals surface area contributed by atoms with Crippen molar-refractivity contribution in [3.05, 3.63) is 35.7 Å². The van der Waals surface area contributed by atoms with Gasteiger partial charge in [0, 0.05) is 18.5 Å². The van der Waals surface area contributed by atoms with Crippen molar-refractivity contribution < 1.29 is 29.3 Å². The Hall–Kier alpha value is -2.13. The zero-order valence-electron chi connectivity index (χ0n) is 23.4. The maximum absolute atomic E-state index is 13.7. The Bertz CT molecular complexity index is 1020. The minimum atomic E-state index is -1.21. The van der Waals surface area contributed by atoms with Gasteiger partial charge in [-0.15, -0.1) is 0 Å². The van der Waals surface area contributed by atoms with Crippen LogP contribution in [0.2, 0.25) is 0 Å². The van der Waals surface area contributed by atoms with Crippen molar-refractivity contribution in [3.63, 3.8) is 0 Å². The van der Waals surface area contributed by atoms with Gasteiger partial charge in [-0.05, 0) is 62.8 Å². The number of nitrogens with zero attached hydrogens (tertiary/aromatic N) is 1. The Morgan fingerprint density at radius 3 is 2.63 bits per heavy atom. The molecule has 3 N–H and O–H groups in total. The van der Waals surface area contributed by atoms with Gasteiger partial charge in [-0.2, -0.15) is 0 Å². The SMILES string of the molecule is C/C(=C\c1ccccn1)[C@@H]1C[C@@H]2O[C@]2(C)CCC[C@H](C)[C@H](O)[C@@H](CC2CO2)C(=O)C(C)(C)[C@@H](O)CC(=O)N1. The first kappa shape index (κ1) is 28.9. The molecule has 1 aromatic heterocycles. The number of nitrogens with one attached hydrogen (secondary N) is 1. The molecule has 8 nitrogen and oxygen atoms in total. The third-order valence-electron chi connectivity index (χ3n) is 8.86. The molecular formula is C30H44N2O6. The Balaban J connectivity index is 1.58. The summed E-state index contributed by atoms with van der Waals surface area (Å²) in [6.45, 7) is 9.97. The number of hydrogen-bond acceptors (Lipinski definition) is 7. The Kier molecular flexibility index (Phi) is 8.77. The summed E-state index contributed by atoms with van der Waals surface area (Å²) in [6.07, 6.45) is 4.89. The molecule has 0 aromatic carbocycles. The minimum Gasteiger partial charge on any atom is -0.392 e. The second-order valence-corrected chi connectivity index (χ2v) is 12.4. The molecule has 4 rings (SSSR count). The number of fused-ring (bicyclic) bond motifs is 1. The van der Waals surface area contributed by atoms with Crippen LogP contribution in [0, 0.1) is 17.3 Å². The second-order valence-electron chi connectivity index (χ2n) is 12.4. The lowest BCUT2D eigenvalue weighted by Gasteiger charge is -2.36. The van der Waals surface area contributed by atoms with E-state index in [2.05, 4.69) is 17.2 Å². The standard InChI is InChI=1S/C30H44N2O6/c1-18-9-8-11-30(5)25(38-30)15-23(19(2)13-20-10-6-7-12-31-20)32-26(34)16-24(33)29(3,4)28(36)22(27(18)35)14-21-17-37-21/h6-7,10,12-13,18,21-25,27,33,35H,8-9,11,14-17H2,1-5H3,(H,32,34)/b19-13+/t18-,21?,22+,23-,24-,25-,27-,30+/m0/s1. The van der Waals surface area contributed by atoms with Crippen LogP contribution in [0.1, 0.15) is 78.8 Å². The van der Waals surface area contributed by atoms with Crippen molar-refractivity contribution in [2.75, 3.05) is 6.61 Å². The molecule has 0 aliphatic carbocycles. The first-order chi connectivity index (χ1) is 17.9. The summed E-state index contributed by atoms with van der Waals surface area (Å²) in [6, 6.07) is 5.39. The van der Waals surface area contributed by atoms with E-state index in [1.54, 1.807) is 20.0 Å². The Labute approximate surface area is 226 Å². The molecule has 8 heteroatoms. The van der Waals surface area contributed by atoms with Crippen LogP contribution in [0.25, 0.3) is 6.08 Å². The summed E-state index contributed by atoms with van der Waals surface area (Å²) in [7, 11) is 0. The van der Waals surface area contributed by atoms with Crippen LogP contribution >= 0.6 is 0 Å². The van der Waals surface area contributed by atoms with E-state index in [-0.39, 0.29) is 47.9 Å². The summed E-state index contributed by atoms with van der Waals surface area (Å²) in [5, 5.41) is 25.5. The molecule has 4 heterocycles. The highest BCUT2D eigenvalue weighted by molar-refractivity contribution is 5.88. The van der Waals surface area contributed by atoms with Crippen molar-refractivity contribution in [1.29, 1.82) is 0 Å². The van der Waals surface area contributed by atoms with Crippen LogP contribution in [0.5, 0.6) is 0 Å². The van der Waals surface area contributed by atoms with Gasteiger partial charge < -0.3 is 25.0 Å². The predicted molar refractivity (Wildman–Crippen MR) is 144 cm³/mol. The van der Waals surface area contributed by atoms with Crippen LogP contribution in [0.3, 0.4) is 0 Å². The average Bonchev–Trinajstić information content (AvgIpc) is 3.79. The number of ketones is 1. The Morgan fingerprint density at radius 2 is 1.97 bits per heavy atom. The van der Waals surface area contributed by atoms with E-state index >= 15 is 0 Å². The number of epoxide rings is 2. The molecule has 0 bridgehead atoms. The summed E-state index contributed by atoms with van der Waals surface area (Å²) < 4.78 is 11.5. The molecule has 210 valence electrons. The lowest BCUT2D eigenvalue weighted by Crippen LogP contribution is -2.48. The van der Waals surface area contributed by atoms with Crippen molar-refractivity contribution in [1.82, 2.24) is 10.3 Å². The minimum absolute atomic E-state index is 0.00396. The number of rotatable bonds is 4. The van der Waals surface area contributed by atoms with E-state index in [4.69, 9.17) is 9.47 Å². The van der Waals surface area contributed by atoms with Crippen molar-refractivity contribution in [2.24, 2.45) is 17.3 Å². The maximum Gasteiger partial charge on any atom is 0.223 e. The van der Waals surface area contributed by atoms with Crippen molar-refractivity contribution in [2.45, 2.75) is 109 Å². The molecule has 3 aliphatic heterocycles. The second kappa shape index (κ2) is 11.5. The average molecular weight is 529 g/mol. The molecule has 0 spiro atoms. The molecule has 3 aliphatic rings. The number of Topliss-reactive ketones (excluding diaryl/α,β-unsaturated/α-hetero) is 1. The van der Waals surface area contributed by atoms with Gasteiger partial charge in [0.05, 0.1) is 60.2 Å². The molecule has 1 aromatic rings. The van der Waals surface area contributed by atoms with E-state index in [1.165, 1.54) is 0 Å². The number of amides is 1. The maximum atomic E-state index is 13.7. The number of carbonyl (C=O) groups is 2. The lowest BCUT2D eigenvalue weighted by atomic mass is 9.71. The molecule has 0 saturated carbocycles. The lowest BCUT2D eigenvalue weighted by molar-refractivity contribution is -0.144. The van der Waals surface area contributed by atoms with Crippen LogP contribution in [-0.4, -0.2) is 69.6 Å². The van der Waals surface area contributed by atoms with Crippen LogP contribution in [0.15, 0.2) is 30.0 Å². The van der Waals surface area contributed by atoms with E-state index < -0.39 is 23.5 Å². The molecule has 38 heavy (non-hydrogen) atoms. The topological polar surface area (TPSA) is 125 Å². The fourth-order valence-electron chi connectivity index (χ4n) is 5.73. The van der Waals surface area contributed by atoms with Crippen molar-refractivity contribution in [3.8, 4) is 0 Å². The van der Waals surface area contributed by atoms with E-state index in [1.807, 2.05) is 38.1 Å². The van der Waals surface area contributed by atoms with E-state index in [0.29, 0.717) is 19.4 Å². The van der Waals surface area contributed by atoms with Crippen LogP contribution in [-0.2, 0) is 19.1 Å². The molecular weight excluding hydrogens is 484 g/mol. The zero-order valence-corrected chi connectivity index (χ0v) is 23.4. The predicted octanol–water partition coefficient (Wildman–Crippen LogP) is 3.45. The largest absolute Gasteiger partial charge is 0.392 e. The van der Waals surface area contributed by atoms with Gasteiger partial charge in [-0.3, -0.25) is 14.6 Å². The number of carbonyl (C=O) groups excluding carboxylic acids is 2. The molecule has 1 amide bonds. The summed E-state index contributed by atoms with van der Waals surface area (Å²) in [4.78, 5) is 31.3. The molecule has 3 saturated heterocycles. The summed E-state index contributed by atoms with van der Waals surface area (Å²) in [5.74, 6) is -1.30. The van der Waals surface area contributed by atoms with Gasteiger partial charge in [0.15, 0.2) is 0 Å². The van der Waals surface area contributed by atoms with Crippen LogP contribution in [0.4, 0.5) is 0 Å². The third kappa shape index (κ3) is 6.89. The molecule has 8 atom stereocenters. The Morgan fingerprint density at radius 1 is 1.24 bits per heavy atom. The normalized spacial score (nSPS) is 38.7. The van der Waals surface area contributed by atoms with E-state index in [9.17, 15) is 19.8 Å². The van der Waals surface area contributed by atoms with Crippen LogP contribution < -0.4 is 5.32 Å². The zero-order chi connectivity index (χ0) is 27.7. The smallest absolute Gasteiger partial charge is 0.223 e. The number of ether oxygens (including phenoxy) is 2. The monoisotopic (exact) mass is 528 g/mol. The van der Waals surface area contributed by atoms with Crippen molar-refractivity contribution >= 4 is 17.8 Å². The molecule has 3 fully saturated rings. The third-order valence-corrected chi connectivity index (χ3v) is 8.86. The molecule has 0 radical (unpaired) electrons. The summed E-state index contributed by atoms with van der Waals surface area (Å²) >= 11 is 0. The number of pyridine rings is 1. The van der Waals surface area contributed by atoms with Gasteiger partial charge in [-0.25, -0.2) is 0 Å². The number of aromatic nitrogens is 1. The summed E-state index contributed by atoms with van der Waals surface area (Å²) in [5.41, 5.74) is 0.258. The fourth-order valence-corrected chi connectivity index (χ4v) is 5.73. The van der Waals surface area contributed by atoms with Gasteiger partial charge in [-0.1, -0.05) is 33.3 Å². The molecule has 1 unspecified atom stereocenters. The number of hydrogen-bond donors (Lipinski definition) is 3. The highest BCUT2D eigenvalue weighted by atomic mass is 16.6. The fraction of sp³-hybridized carbons (Fsp3) is 0.700. The number of aliphatic hydroxyl groups excluding tert-OH is 2. The van der Waals surface area contributed by atoms with Gasteiger partial charge in [0.2, 0.25) is 5.91 Å². The first-order valence-electron chi connectivity index (χ1n) is 14.0.